The first kappa shape index (κ1) is 58.8. The molecule has 0 bridgehead atoms. The molecule has 1 fully saturated rings. The maximum atomic E-state index is 13.1. The van der Waals surface area contributed by atoms with Gasteiger partial charge < -0.3 is 40.3 Å². The fraction of sp³-hybridized carbons (Fsp3) is 0.938. The molecule has 368 valence electrons. The third-order valence-electron chi connectivity index (χ3n) is 12.2. The summed E-state index contributed by atoms with van der Waals surface area (Å²) < 4.78 is 47.5. The number of hydrogen-bond donors (Lipinski definition) is 7. The van der Waals surface area contributed by atoms with Gasteiger partial charge in [-0.1, -0.05) is 219 Å². The van der Waals surface area contributed by atoms with Gasteiger partial charge in [0, 0.05) is 0 Å². The first-order chi connectivity index (χ1) is 29.9. The molecule has 1 saturated heterocycles. The van der Waals surface area contributed by atoms with E-state index in [-0.39, 0.29) is 6.42 Å². The SMILES string of the molecule is CCCCCCCCCCC/C=C/C(O)C(COC1OC(CO)C(O)C(OS(=O)(=O)O)C1O)NC(=O)C(O)CCCCCCCCCCCCCCCCCCCCCCCC. The lowest BCUT2D eigenvalue weighted by atomic mass is 9.99. The van der Waals surface area contributed by atoms with Gasteiger partial charge in [-0.15, -0.1) is 0 Å². The van der Waals surface area contributed by atoms with Crippen LogP contribution in [0, 0.1) is 0 Å². The average molecular weight is 908 g/mol. The quantitative estimate of drug-likeness (QED) is 0.0173. The Labute approximate surface area is 377 Å². The van der Waals surface area contributed by atoms with E-state index in [1.165, 1.54) is 160 Å². The number of amides is 1. The van der Waals surface area contributed by atoms with Crippen molar-refractivity contribution in [2.24, 2.45) is 0 Å². The van der Waals surface area contributed by atoms with Crippen molar-refractivity contribution in [2.45, 2.75) is 275 Å². The second-order valence-electron chi connectivity index (χ2n) is 17.9. The fourth-order valence-corrected chi connectivity index (χ4v) is 8.68. The van der Waals surface area contributed by atoms with Crippen molar-refractivity contribution in [3.05, 3.63) is 12.2 Å². The summed E-state index contributed by atoms with van der Waals surface area (Å²) >= 11 is 0. The molecule has 1 amide bonds. The summed E-state index contributed by atoms with van der Waals surface area (Å²) in [5.41, 5.74) is 0. The van der Waals surface area contributed by atoms with E-state index >= 15 is 0 Å². The number of rotatable bonds is 43. The van der Waals surface area contributed by atoms with Crippen LogP contribution in [-0.2, 0) is 28.9 Å². The number of hydrogen-bond acceptors (Lipinski definition) is 11. The van der Waals surface area contributed by atoms with Crippen LogP contribution in [0.4, 0.5) is 0 Å². The molecule has 0 saturated carbocycles. The first-order valence-electron chi connectivity index (χ1n) is 25.2. The topological polar surface area (TPSA) is 212 Å². The second-order valence-corrected chi connectivity index (χ2v) is 19.0. The number of nitrogens with one attached hydrogen (secondary N) is 1. The molecular weight excluding hydrogens is 815 g/mol. The Balaban J connectivity index is 2.43. The zero-order valence-electron chi connectivity index (χ0n) is 39.1. The lowest BCUT2D eigenvalue weighted by Gasteiger charge is -2.41. The Morgan fingerprint density at radius 3 is 1.45 bits per heavy atom. The summed E-state index contributed by atoms with van der Waals surface area (Å²) in [6.07, 6.45) is 31.6. The number of allylic oxidation sites excluding steroid dienone is 1. The van der Waals surface area contributed by atoms with Gasteiger partial charge in [0.25, 0.3) is 0 Å². The molecule has 13 nitrogen and oxygen atoms in total. The number of carbonyl (C=O) groups is 1. The Hall–Kier alpha value is -1.20. The van der Waals surface area contributed by atoms with Gasteiger partial charge in [0.1, 0.15) is 30.5 Å². The fourth-order valence-electron chi connectivity index (χ4n) is 8.17. The smallest absolute Gasteiger partial charge is 0.394 e. The highest BCUT2D eigenvalue weighted by Crippen LogP contribution is 2.26. The molecule has 0 aromatic heterocycles. The van der Waals surface area contributed by atoms with Gasteiger partial charge in [0.2, 0.25) is 5.91 Å². The standard InChI is InChI=1S/C48H93NO12S/c1-3-5-7-9-11-13-15-16-17-18-19-20-21-22-23-24-25-27-29-31-33-35-37-42(52)47(55)49-40(41(51)36-34-32-30-28-26-14-12-10-8-6-4-2)39-59-48-45(54)46(61-62(56,57)58)44(53)43(38-50)60-48/h34,36,40-46,48,50-54H,3-33,35,37-39H2,1-2H3,(H,49,55)(H,56,57,58)/b36-34+. The molecular formula is C48H93NO12S. The van der Waals surface area contributed by atoms with Crippen molar-refractivity contribution in [3.63, 3.8) is 0 Å². The molecule has 1 rings (SSSR count). The predicted octanol–water partition coefficient (Wildman–Crippen LogP) is 9.31. The van der Waals surface area contributed by atoms with Crippen LogP contribution in [0.25, 0.3) is 0 Å². The monoisotopic (exact) mass is 908 g/mol. The van der Waals surface area contributed by atoms with E-state index in [4.69, 9.17) is 9.47 Å². The molecule has 0 aromatic carbocycles. The van der Waals surface area contributed by atoms with Crippen LogP contribution in [0.3, 0.4) is 0 Å². The number of unbranched alkanes of at least 4 members (excludes halogenated alkanes) is 30. The van der Waals surface area contributed by atoms with E-state index in [2.05, 4.69) is 23.3 Å². The van der Waals surface area contributed by atoms with Gasteiger partial charge in [-0.2, -0.15) is 8.42 Å². The van der Waals surface area contributed by atoms with Gasteiger partial charge in [-0.25, -0.2) is 4.18 Å². The number of aliphatic hydroxyl groups is 5. The molecule has 14 heteroatoms. The summed E-state index contributed by atoms with van der Waals surface area (Å²) in [6.45, 7) is 3.22. The largest absolute Gasteiger partial charge is 0.397 e. The van der Waals surface area contributed by atoms with Gasteiger partial charge >= 0.3 is 10.4 Å². The van der Waals surface area contributed by atoms with E-state index in [1.54, 1.807) is 0 Å². The summed E-state index contributed by atoms with van der Waals surface area (Å²) in [5.74, 6) is -0.699. The highest BCUT2D eigenvalue weighted by Gasteiger charge is 2.48. The van der Waals surface area contributed by atoms with E-state index < -0.39 is 78.5 Å². The van der Waals surface area contributed by atoms with Crippen molar-refractivity contribution in [1.29, 1.82) is 0 Å². The summed E-state index contributed by atoms with van der Waals surface area (Å²) in [7, 11) is -5.11. The molecule has 7 N–H and O–H groups in total. The van der Waals surface area contributed by atoms with Crippen LogP contribution in [0.15, 0.2) is 12.2 Å². The third kappa shape index (κ3) is 30.8. The van der Waals surface area contributed by atoms with Crippen LogP contribution >= 0.6 is 0 Å². The predicted molar refractivity (Wildman–Crippen MR) is 247 cm³/mol. The molecule has 8 atom stereocenters. The van der Waals surface area contributed by atoms with E-state index in [9.17, 15) is 43.3 Å². The average Bonchev–Trinajstić information content (AvgIpc) is 3.24. The number of ether oxygens (including phenoxy) is 2. The molecule has 1 aliphatic rings. The zero-order valence-corrected chi connectivity index (χ0v) is 39.9. The molecule has 0 aromatic rings. The Morgan fingerprint density at radius 2 is 1.05 bits per heavy atom. The third-order valence-corrected chi connectivity index (χ3v) is 12.6. The highest BCUT2D eigenvalue weighted by atomic mass is 32.3. The van der Waals surface area contributed by atoms with Gasteiger partial charge in [0.05, 0.1) is 25.4 Å². The molecule has 0 spiro atoms. The summed E-state index contributed by atoms with van der Waals surface area (Å²) in [4.78, 5) is 13.1. The first-order valence-corrected chi connectivity index (χ1v) is 26.5. The summed E-state index contributed by atoms with van der Waals surface area (Å²) in [6, 6.07) is -1.11. The van der Waals surface area contributed by atoms with E-state index in [0.29, 0.717) is 12.8 Å². The van der Waals surface area contributed by atoms with Crippen LogP contribution in [0.1, 0.15) is 226 Å². The van der Waals surface area contributed by atoms with Crippen molar-refractivity contribution in [1.82, 2.24) is 5.32 Å². The van der Waals surface area contributed by atoms with Crippen LogP contribution < -0.4 is 5.32 Å². The Bertz CT molecular complexity index is 1180. The number of aliphatic hydroxyl groups excluding tert-OH is 5. The summed E-state index contributed by atoms with van der Waals surface area (Å²) in [5, 5.41) is 55.2. The normalized spacial score (nSPS) is 21.1. The zero-order chi connectivity index (χ0) is 45.7. The highest BCUT2D eigenvalue weighted by molar-refractivity contribution is 7.80. The number of carbonyl (C=O) groups excluding carboxylic acids is 1. The molecule has 1 aliphatic heterocycles. The molecule has 0 radical (unpaired) electrons. The van der Waals surface area contributed by atoms with Crippen molar-refractivity contribution in [2.75, 3.05) is 13.2 Å². The van der Waals surface area contributed by atoms with Gasteiger partial charge in [-0.3, -0.25) is 9.35 Å². The lowest BCUT2D eigenvalue weighted by Crippen LogP contribution is -2.61. The molecule has 8 unspecified atom stereocenters. The van der Waals surface area contributed by atoms with E-state index in [1.807, 2.05) is 6.08 Å². The van der Waals surface area contributed by atoms with Gasteiger partial charge in [0.15, 0.2) is 6.29 Å². The van der Waals surface area contributed by atoms with Crippen LogP contribution in [-0.4, -0.2) is 107 Å². The molecule has 0 aliphatic carbocycles. The maximum absolute atomic E-state index is 13.1. The van der Waals surface area contributed by atoms with Crippen molar-refractivity contribution >= 4 is 16.3 Å². The minimum Gasteiger partial charge on any atom is -0.394 e. The Kier molecular flexibility index (Phi) is 37.0. The van der Waals surface area contributed by atoms with E-state index in [0.717, 1.165) is 38.5 Å². The van der Waals surface area contributed by atoms with Crippen LogP contribution in [0.2, 0.25) is 0 Å². The maximum Gasteiger partial charge on any atom is 0.397 e. The minimum absolute atomic E-state index is 0.248. The van der Waals surface area contributed by atoms with Crippen LogP contribution in [0.5, 0.6) is 0 Å². The molecule has 62 heavy (non-hydrogen) atoms. The van der Waals surface area contributed by atoms with Crippen molar-refractivity contribution in [3.8, 4) is 0 Å². The second kappa shape index (κ2) is 39.0. The Morgan fingerprint density at radius 1 is 0.645 bits per heavy atom. The minimum atomic E-state index is -5.11. The van der Waals surface area contributed by atoms with Gasteiger partial charge in [-0.05, 0) is 19.3 Å². The molecule has 1 heterocycles. The van der Waals surface area contributed by atoms with Crippen molar-refractivity contribution < 1.29 is 57.0 Å². The lowest BCUT2D eigenvalue weighted by molar-refractivity contribution is -0.298.